The SMILES string of the molecule is Cc1nc(CC2CCN(c3ccc(F)cc3)CC2)nc([C]=O)c1O. The first-order valence-corrected chi connectivity index (χ1v) is 8.02. The monoisotopic (exact) mass is 328 g/mol. The second kappa shape index (κ2) is 6.95. The van der Waals surface area contributed by atoms with Gasteiger partial charge in [-0.25, -0.2) is 14.4 Å². The van der Waals surface area contributed by atoms with Gasteiger partial charge in [-0.05, 0) is 49.9 Å². The summed E-state index contributed by atoms with van der Waals surface area (Å²) in [5, 5.41) is 9.69. The number of hydrogen-bond donors (Lipinski definition) is 1. The Morgan fingerprint density at radius 3 is 2.54 bits per heavy atom. The van der Waals surface area contributed by atoms with Crippen LogP contribution in [0.1, 0.15) is 30.1 Å². The molecule has 125 valence electrons. The zero-order chi connectivity index (χ0) is 17.1. The highest BCUT2D eigenvalue weighted by Gasteiger charge is 2.21. The molecule has 0 saturated carbocycles. The minimum absolute atomic E-state index is 0.0683. The number of nitrogens with zero attached hydrogens (tertiary/aromatic N) is 3. The summed E-state index contributed by atoms with van der Waals surface area (Å²) in [6.45, 7) is 3.43. The van der Waals surface area contributed by atoms with E-state index in [0.29, 0.717) is 23.9 Å². The van der Waals surface area contributed by atoms with Crippen molar-refractivity contribution in [2.24, 2.45) is 5.92 Å². The molecule has 0 aliphatic carbocycles. The van der Waals surface area contributed by atoms with Crippen LogP contribution in [0.25, 0.3) is 0 Å². The maximum absolute atomic E-state index is 13.0. The van der Waals surface area contributed by atoms with Crippen LogP contribution in [0.2, 0.25) is 0 Å². The second-order valence-electron chi connectivity index (χ2n) is 6.14. The third-order valence-corrected chi connectivity index (χ3v) is 4.48. The summed E-state index contributed by atoms with van der Waals surface area (Å²) in [5.41, 5.74) is 1.37. The van der Waals surface area contributed by atoms with Crippen molar-refractivity contribution in [1.29, 1.82) is 0 Å². The molecule has 0 unspecified atom stereocenters. The summed E-state index contributed by atoms with van der Waals surface area (Å²) in [6.07, 6.45) is 4.28. The zero-order valence-corrected chi connectivity index (χ0v) is 13.5. The fourth-order valence-electron chi connectivity index (χ4n) is 3.09. The zero-order valence-electron chi connectivity index (χ0n) is 13.5. The number of aromatic hydroxyl groups is 1. The first-order chi connectivity index (χ1) is 11.6. The molecule has 0 spiro atoms. The Morgan fingerprint density at radius 2 is 1.92 bits per heavy atom. The number of halogens is 1. The molecule has 0 amide bonds. The highest BCUT2D eigenvalue weighted by Crippen LogP contribution is 2.26. The van der Waals surface area contributed by atoms with Gasteiger partial charge in [0.15, 0.2) is 11.4 Å². The molecule has 1 fully saturated rings. The molecule has 1 aliphatic heterocycles. The minimum atomic E-state index is -0.226. The molecule has 24 heavy (non-hydrogen) atoms. The van der Waals surface area contributed by atoms with E-state index in [1.54, 1.807) is 25.3 Å². The molecule has 2 aromatic rings. The van der Waals surface area contributed by atoms with E-state index < -0.39 is 0 Å². The third-order valence-electron chi connectivity index (χ3n) is 4.48. The van der Waals surface area contributed by atoms with Gasteiger partial charge in [0.25, 0.3) is 6.29 Å². The summed E-state index contributed by atoms with van der Waals surface area (Å²) in [4.78, 5) is 21.4. The van der Waals surface area contributed by atoms with Gasteiger partial charge in [0.2, 0.25) is 0 Å². The molecule has 3 rings (SSSR count). The fourth-order valence-corrected chi connectivity index (χ4v) is 3.09. The third kappa shape index (κ3) is 3.53. The summed E-state index contributed by atoms with van der Waals surface area (Å²) < 4.78 is 13.0. The average molecular weight is 328 g/mol. The Hall–Kier alpha value is -2.50. The number of aromatic nitrogens is 2. The first kappa shape index (κ1) is 16.4. The molecule has 5 nitrogen and oxygen atoms in total. The summed E-state index contributed by atoms with van der Waals surface area (Å²) in [5.74, 6) is 0.574. The van der Waals surface area contributed by atoms with E-state index in [-0.39, 0.29) is 17.3 Å². The van der Waals surface area contributed by atoms with Crippen molar-refractivity contribution < 1.29 is 14.3 Å². The molecule has 2 heterocycles. The highest BCUT2D eigenvalue weighted by atomic mass is 19.1. The van der Waals surface area contributed by atoms with Gasteiger partial charge in [-0.3, -0.25) is 4.79 Å². The molecule has 1 saturated heterocycles. The standard InChI is InChI=1S/C18H19FN3O2/c1-12-18(24)16(11-23)21-17(20-12)10-13-6-8-22(9-7-13)15-4-2-14(19)3-5-15/h2-5,13,24H,6-10H2,1H3. The van der Waals surface area contributed by atoms with Crippen LogP contribution in [0.3, 0.4) is 0 Å². The normalized spacial score (nSPS) is 15.5. The van der Waals surface area contributed by atoms with Gasteiger partial charge < -0.3 is 10.0 Å². The predicted molar refractivity (Wildman–Crippen MR) is 88.3 cm³/mol. The minimum Gasteiger partial charge on any atom is -0.504 e. The van der Waals surface area contributed by atoms with Crippen molar-refractivity contribution >= 4 is 12.0 Å². The molecule has 1 radical (unpaired) electrons. The van der Waals surface area contributed by atoms with Crippen LogP contribution in [0.15, 0.2) is 24.3 Å². The smallest absolute Gasteiger partial charge is 0.257 e. The maximum Gasteiger partial charge on any atom is 0.257 e. The quantitative estimate of drug-likeness (QED) is 0.934. The van der Waals surface area contributed by atoms with Crippen molar-refractivity contribution in [3.8, 4) is 5.75 Å². The van der Waals surface area contributed by atoms with Crippen LogP contribution in [0.4, 0.5) is 10.1 Å². The first-order valence-electron chi connectivity index (χ1n) is 8.02. The highest BCUT2D eigenvalue weighted by molar-refractivity contribution is 5.76. The van der Waals surface area contributed by atoms with Gasteiger partial charge in [0, 0.05) is 25.2 Å². The van der Waals surface area contributed by atoms with E-state index in [0.717, 1.165) is 31.6 Å². The summed E-state index contributed by atoms with van der Waals surface area (Å²) >= 11 is 0. The van der Waals surface area contributed by atoms with Crippen molar-refractivity contribution in [2.75, 3.05) is 18.0 Å². The van der Waals surface area contributed by atoms with Crippen molar-refractivity contribution in [1.82, 2.24) is 9.97 Å². The molecule has 6 heteroatoms. The second-order valence-corrected chi connectivity index (χ2v) is 6.14. The number of hydrogen-bond acceptors (Lipinski definition) is 5. The Labute approximate surface area is 140 Å². The Balaban J connectivity index is 1.62. The lowest BCUT2D eigenvalue weighted by molar-refractivity contribution is 0.394. The predicted octanol–water partition coefficient (Wildman–Crippen LogP) is 2.55. The van der Waals surface area contributed by atoms with Crippen LogP contribution in [-0.4, -0.2) is 34.5 Å². The van der Waals surface area contributed by atoms with Crippen LogP contribution >= 0.6 is 0 Å². The maximum atomic E-state index is 13.0. The lowest BCUT2D eigenvalue weighted by Gasteiger charge is -2.33. The number of carbonyl (C=O) groups excluding carboxylic acids is 1. The number of anilines is 1. The van der Waals surface area contributed by atoms with Gasteiger partial charge in [0.1, 0.15) is 11.6 Å². The van der Waals surface area contributed by atoms with Crippen molar-refractivity contribution in [3.63, 3.8) is 0 Å². The molecule has 1 aromatic heterocycles. The van der Waals surface area contributed by atoms with Crippen LogP contribution in [-0.2, 0) is 11.2 Å². The van der Waals surface area contributed by atoms with Gasteiger partial charge in [-0.15, -0.1) is 0 Å². The van der Waals surface area contributed by atoms with E-state index in [9.17, 15) is 14.3 Å². The molecule has 1 aromatic carbocycles. The Morgan fingerprint density at radius 1 is 1.25 bits per heavy atom. The van der Waals surface area contributed by atoms with Gasteiger partial charge in [-0.2, -0.15) is 0 Å². The van der Waals surface area contributed by atoms with E-state index >= 15 is 0 Å². The topological polar surface area (TPSA) is 66.3 Å². The molecule has 1 aliphatic rings. The van der Waals surface area contributed by atoms with E-state index in [1.807, 2.05) is 0 Å². The Kier molecular flexibility index (Phi) is 4.74. The number of benzene rings is 1. The van der Waals surface area contributed by atoms with Crippen LogP contribution in [0.5, 0.6) is 5.75 Å². The molecular formula is C18H19FN3O2. The van der Waals surface area contributed by atoms with Crippen molar-refractivity contribution in [3.05, 3.63) is 47.3 Å². The Bertz CT molecular complexity index is 726. The van der Waals surface area contributed by atoms with Gasteiger partial charge >= 0.3 is 0 Å². The number of rotatable bonds is 4. The molecule has 1 N–H and O–H groups in total. The number of aryl methyl sites for hydroxylation is 1. The van der Waals surface area contributed by atoms with E-state index in [1.165, 1.54) is 12.1 Å². The summed E-state index contributed by atoms with van der Waals surface area (Å²) in [6, 6.07) is 6.56. The molecule has 0 atom stereocenters. The number of piperidine rings is 1. The van der Waals surface area contributed by atoms with Crippen molar-refractivity contribution in [2.45, 2.75) is 26.2 Å². The van der Waals surface area contributed by atoms with E-state index in [2.05, 4.69) is 14.9 Å². The van der Waals surface area contributed by atoms with Crippen LogP contribution in [0, 0.1) is 18.7 Å². The van der Waals surface area contributed by atoms with Gasteiger partial charge in [0.05, 0.1) is 5.69 Å². The molecule has 0 bridgehead atoms. The lowest BCUT2D eigenvalue weighted by atomic mass is 9.93. The van der Waals surface area contributed by atoms with Gasteiger partial charge in [-0.1, -0.05) is 0 Å². The fraction of sp³-hybridized carbons (Fsp3) is 0.389. The van der Waals surface area contributed by atoms with Crippen LogP contribution < -0.4 is 4.90 Å². The average Bonchev–Trinajstić information content (AvgIpc) is 2.59. The summed E-state index contributed by atoms with van der Waals surface area (Å²) in [7, 11) is 0. The lowest BCUT2D eigenvalue weighted by Crippen LogP contribution is -2.34. The molecular weight excluding hydrogens is 309 g/mol. The van der Waals surface area contributed by atoms with E-state index in [4.69, 9.17) is 0 Å². The largest absolute Gasteiger partial charge is 0.504 e.